The molecule has 13 heavy (non-hydrogen) atoms. The summed E-state index contributed by atoms with van der Waals surface area (Å²) < 4.78 is 0. The van der Waals surface area contributed by atoms with Gasteiger partial charge in [-0.3, -0.25) is 0 Å². The molecule has 3 saturated heterocycles. The monoisotopic (exact) mass is 180 g/mol. The molecule has 4 rings (SSSR count). The maximum Gasteiger partial charge on any atom is 0.0114 e. The zero-order valence-electron chi connectivity index (χ0n) is 8.34. The molecule has 2 bridgehead atoms. The molecular weight excluding hydrogens is 160 g/mol. The van der Waals surface area contributed by atoms with Crippen molar-refractivity contribution in [3.63, 3.8) is 0 Å². The summed E-state index contributed by atoms with van der Waals surface area (Å²) in [4.78, 5) is 2.69. The predicted molar refractivity (Wildman–Crippen MR) is 53.7 cm³/mol. The maximum absolute atomic E-state index is 3.61. The molecule has 3 atom stereocenters. The SMILES string of the molecule is C1CCN(CC2C3CNC2C3)CC1. The molecule has 0 radical (unpaired) electrons. The molecule has 4 fully saturated rings. The Morgan fingerprint density at radius 2 is 2.00 bits per heavy atom. The lowest BCUT2D eigenvalue weighted by Crippen LogP contribution is -2.46. The Kier molecular flexibility index (Phi) is 2.06. The Morgan fingerprint density at radius 1 is 1.15 bits per heavy atom. The van der Waals surface area contributed by atoms with Crippen LogP contribution in [0, 0.1) is 11.8 Å². The van der Waals surface area contributed by atoms with Gasteiger partial charge in [0.15, 0.2) is 0 Å². The van der Waals surface area contributed by atoms with Crippen LogP contribution < -0.4 is 5.32 Å². The van der Waals surface area contributed by atoms with Crippen molar-refractivity contribution in [2.75, 3.05) is 26.2 Å². The molecule has 0 spiro atoms. The standard InChI is InChI=1S/C11H20N2/c1-2-4-13(5-3-1)8-10-9-6-11(10)12-7-9/h9-12H,1-8H2. The van der Waals surface area contributed by atoms with E-state index in [9.17, 15) is 0 Å². The fourth-order valence-corrected chi connectivity index (χ4v) is 3.30. The van der Waals surface area contributed by atoms with Gasteiger partial charge in [0.2, 0.25) is 0 Å². The van der Waals surface area contributed by atoms with E-state index in [-0.39, 0.29) is 0 Å². The van der Waals surface area contributed by atoms with Crippen LogP contribution in [-0.4, -0.2) is 37.1 Å². The maximum atomic E-state index is 3.61. The molecule has 74 valence electrons. The average molecular weight is 180 g/mol. The minimum absolute atomic E-state index is 0.895. The molecule has 2 nitrogen and oxygen atoms in total. The van der Waals surface area contributed by atoms with Crippen LogP contribution in [0.2, 0.25) is 0 Å². The lowest BCUT2D eigenvalue weighted by molar-refractivity contribution is 0.117. The second-order valence-electron chi connectivity index (χ2n) is 5.04. The van der Waals surface area contributed by atoms with E-state index in [1.54, 1.807) is 0 Å². The Labute approximate surface area is 80.7 Å². The summed E-state index contributed by atoms with van der Waals surface area (Å²) in [7, 11) is 0. The minimum Gasteiger partial charge on any atom is -0.313 e. The van der Waals surface area contributed by atoms with Crippen molar-refractivity contribution in [2.24, 2.45) is 11.8 Å². The highest BCUT2D eigenvalue weighted by molar-refractivity contribution is 5.03. The van der Waals surface area contributed by atoms with Crippen LogP contribution in [0.3, 0.4) is 0 Å². The Hall–Kier alpha value is -0.0800. The third kappa shape index (κ3) is 1.40. The molecule has 1 saturated carbocycles. The van der Waals surface area contributed by atoms with Crippen molar-refractivity contribution < 1.29 is 0 Å². The molecule has 0 aromatic carbocycles. The summed E-state index contributed by atoms with van der Waals surface area (Å²) in [5.74, 6) is 2.05. The van der Waals surface area contributed by atoms with Crippen molar-refractivity contribution >= 4 is 0 Å². The predicted octanol–water partition coefficient (Wildman–Crippen LogP) is 1.08. The number of likely N-dealkylation sites (tertiary alicyclic amines) is 1. The molecule has 0 aromatic rings. The van der Waals surface area contributed by atoms with E-state index in [1.165, 1.54) is 51.9 Å². The van der Waals surface area contributed by atoms with Crippen LogP contribution in [0.1, 0.15) is 25.7 Å². The van der Waals surface area contributed by atoms with Crippen LogP contribution in [0.4, 0.5) is 0 Å². The second kappa shape index (κ2) is 3.25. The molecule has 3 aliphatic heterocycles. The summed E-state index contributed by atoms with van der Waals surface area (Å²) in [6.45, 7) is 5.44. The smallest absolute Gasteiger partial charge is 0.0114 e. The topological polar surface area (TPSA) is 15.3 Å². The first-order valence-corrected chi connectivity index (χ1v) is 5.89. The van der Waals surface area contributed by atoms with Crippen LogP contribution in [0.25, 0.3) is 0 Å². The summed E-state index contributed by atoms with van der Waals surface area (Å²) in [5.41, 5.74) is 0. The molecular formula is C11H20N2. The molecule has 0 aromatic heterocycles. The van der Waals surface area contributed by atoms with Gasteiger partial charge >= 0.3 is 0 Å². The number of rotatable bonds is 2. The van der Waals surface area contributed by atoms with Gasteiger partial charge < -0.3 is 10.2 Å². The lowest BCUT2D eigenvalue weighted by atomic mass is 9.73. The van der Waals surface area contributed by atoms with E-state index < -0.39 is 0 Å². The summed E-state index contributed by atoms with van der Waals surface area (Å²) in [5, 5.41) is 3.61. The molecule has 1 aliphatic carbocycles. The quantitative estimate of drug-likeness (QED) is 0.684. The number of hydrogen-bond donors (Lipinski definition) is 1. The Morgan fingerprint density at radius 3 is 2.62 bits per heavy atom. The number of piperidine rings is 1. The van der Waals surface area contributed by atoms with Crippen molar-refractivity contribution in [2.45, 2.75) is 31.7 Å². The van der Waals surface area contributed by atoms with Crippen molar-refractivity contribution in [3.8, 4) is 0 Å². The van der Waals surface area contributed by atoms with E-state index in [4.69, 9.17) is 0 Å². The van der Waals surface area contributed by atoms with Crippen molar-refractivity contribution in [1.82, 2.24) is 10.2 Å². The van der Waals surface area contributed by atoms with Gasteiger partial charge in [-0.2, -0.15) is 0 Å². The fourth-order valence-electron chi connectivity index (χ4n) is 3.30. The van der Waals surface area contributed by atoms with Gasteiger partial charge in [0.25, 0.3) is 0 Å². The minimum atomic E-state index is 0.895. The molecule has 3 unspecified atom stereocenters. The number of nitrogens with zero attached hydrogens (tertiary/aromatic N) is 1. The van der Waals surface area contributed by atoms with E-state index in [1.807, 2.05) is 0 Å². The summed E-state index contributed by atoms with van der Waals surface area (Å²) in [6.07, 6.45) is 5.82. The average Bonchev–Trinajstić information content (AvgIpc) is 2.77. The van der Waals surface area contributed by atoms with Crippen LogP contribution in [0.5, 0.6) is 0 Å². The van der Waals surface area contributed by atoms with Crippen LogP contribution in [-0.2, 0) is 0 Å². The first kappa shape index (κ1) is 8.25. The highest BCUT2D eigenvalue weighted by Gasteiger charge is 2.46. The first-order chi connectivity index (χ1) is 6.43. The van der Waals surface area contributed by atoms with Gasteiger partial charge in [0.05, 0.1) is 0 Å². The third-order valence-electron chi connectivity index (χ3n) is 4.24. The highest BCUT2D eigenvalue weighted by atomic mass is 15.2. The van der Waals surface area contributed by atoms with Gasteiger partial charge in [-0.25, -0.2) is 0 Å². The summed E-state index contributed by atoms with van der Waals surface area (Å²) in [6, 6.07) is 0.895. The van der Waals surface area contributed by atoms with Gasteiger partial charge in [0.1, 0.15) is 0 Å². The zero-order chi connectivity index (χ0) is 8.67. The fraction of sp³-hybridized carbons (Fsp3) is 1.00. The van der Waals surface area contributed by atoms with Crippen molar-refractivity contribution in [1.29, 1.82) is 0 Å². The van der Waals surface area contributed by atoms with E-state index in [0.29, 0.717) is 0 Å². The highest BCUT2D eigenvalue weighted by Crippen LogP contribution is 2.40. The molecule has 4 aliphatic rings. The van der Waals surface area contributed by atoms with Gasteiger partial charge in [-0.1, -0.05) is 6.42 Å². The first-order valence-electron chi connectivity index (χ1n) is 5.89. The zero-order valence-corrected chi connectivity index (χ0v) is 8.34. The number of fused-ring (bicyclic) bond motifs is 1. The normalized spacial score (nSPS) is 44.8. The molecule has 0 amide bonds. The Bertz CT molecular complexity index is 173. The van der Waals surface area contributed by atoms with E-state index in [0.717, 1.165) is 17.9 Å². The molecule has 1 N–H and O–H groups in total. The number of hydrogen-bond acceptors (Lipinski definition) is 2. The largest absolute Gasteiger partial charge is 0.313 e. The van der Waals surface area contributed by atoms with Gasteiger partial charge in [0, 0.05) is 12.6 Å². The van der Waals surface area contributed by atoms with Crippen LogP contribution in [0.15, 0.2) is 0 Å². The second-order valence-corrected chi connectivity index (χ2v) is 5.04. The van der Waals surface area contributed by atoms with Gasteiger partial charge in [-0.05, 0) is 50.7 Å². The lowest BCUT2D eigenvalue weighted by Gasteiger charge is -2.39. The van der Waals surface area contributed by atoms with E-state index >= 15 is 0 Å². The van der Waals surface area contributed by atoms with Crippen LogP contribution >= 0.6 is 0 Å². The van der Waals surface area contributed by atoms with E-state index in [2.05, 4.69) is 10.2 Å². The number of nitrogens with one attached hydrogen (secondary N) is 1. The summed E-state index contributed by atoms with van der Waals surface area (Å²) >= 11 is 0. The van der Waals surface area contributed by atoms with Gasteiger partial charge in [-0.15, -0.1) is 0 Å². The molecule has 3 heterocycles. The molecule has 2 heteroatoms. The third-order valence-corrected chi connectivity index (χ3v) is 4.24. The van der Waals surface area contributed by atoms with Crippen molar-refractivity contribution in [3.05, 3.63) is 0 Å². The Balaban J connectivity index is 1.51.